The molecule has 1 heterocycles. The van der Waals surface area contributed by atoms with Crippen molar-refractivity contribution in [3.8, 4) is 0 Å². The number of halogens is 1. The van der Waals surface area contributed by atoms with E-state index in [1.165, 1.54) is 0 Å². The van der Waals surface area contributed by atoms with Gasteiger partial charge >= 0.3 is 29.6 Å². The Balaban J connectivity index is 0.000000490. The number of carbonyl (C=O) groups excluding carboxylic acids is 1. The second kappa shape index (κ2) is 2.43. The first-order chi connectivity index (χ1) is 3.15. The van der Waals surface area contributed by atoms with Crippen molar-refractivity contribution in [1.82, 2.24) is 0 Å². The molecule has 0 bridgehead atoms. The quantitative estimate of drug-likeness (QED) is 0.240. The molecule has 0 amide bonds. The van der Waals surface area contributed by atoms with Crippen molar-refractivity contribution in [2.45, 2.75) is 4.57 Å². The van der Waals surface area contributed by atoms with Crippen LogP contribution >= 0.6 is 15.9 Å². The molecule has 0 aromatic heterocycles. The molecule has 0 fully saturated rings. The Morgan fingerprint density at radius 2 is 2.00 bits per heavy atom. The standard InChI is InChI=1S/C2HBrN2O2.Na/c3-2(1(6)7)4-5-2;/h(H,6,7);/q;+1/p-1. The summed E-state index contributed by atoms with van der Waals surface area (Å²) in [4.78, 5) is 9.74. The first-order valence-corrected chi connectivity index (χ1v) is 2.29. The first-order valence-electron chi connectivity index (χ1n) is 1.49. The van der Waals surface area contributed by atoms with E-state index in [2.05, 4.69) is 26.2 Å². The van der Waals surface area contributed by atoms with E-state index in [9.17, 15) is 9.90 Å². The molecule has 1 rings (SSSR count). The van der Waals surface area contributed by atoms with Gasteiger partial charge in [-0.05, 0) is 15.9 Å². The molecule has 0 atom stereocenters. The number of carboxylic acids is 1. The third-order valence-corrected chi connectivity index (χ3v) is 1.18. The van der Waals surface area contributed by atoms with Gasteiger partial charge in [0.05, 0.1) is 0 Å². The summed E-state index contributed by atoms with van der Waals surface area (Å²) in [6, 6.07) is 0. The molecule has 1 aliphatic heterocycles. The van der Waals surface area contributed by atoms with Crippen molar-refractivity contribution in [2.24, 2.45) is 10.2 Å². The fourth-order valence-corrected chi connectivity index (χ4v) is 0.205. The summed E-state index contributed by atoms with van der Waals surface area (Å²) in [5, 5.41) is 16.0. The number of hydrogen-bond acceptors (Lipinski definition) is 4. The van der Waals surface area contributed by atoms with Gasteiger partial charge in [0.25, 0.3) is 4.57 Å². The number of carboxylic acid groups (broad SMARTS) is 1. The van der Waals surface area contributed by atoms with Crippen LogP contribution in [0.15, 0.2) is 10.2 Å². The summed E-state index contributed by atoms with van der Waals surface area (Å²) < 4.78 is -1.38. The Labute approximate surface area is 75.8 Å². The van der Waals surface area contributed by atoms with Crippen LogP contribution in [-0.2, 0) is 4.79 Å². The minimum atomic E-state index is -1.38. The van der Waals surface area contributed by atoms with E-state index in [-0.39, 0.29) is 29.6 Å². The Kier molecular flexibility index (Phi) is 2.60. The van der Waals surface area contributed by atoms with E-state index < -0.39 is 10.5 Å². The molecule has 1 aliphatic rings. The van der Waals surface area contributed by atoms with Crippen LogP contribution in [0, 0.1) is 0 Å². The van der Waals surface area contributed by atoms with Gasteiger partial charge in [-0.15, -0.1) is 10.2 Å². The largest absolute Gasteiger partial charge is 1.00 e. The number of nitrogens with zero attached hydrogens (tertiary/aromatic N) is 2. The Bertz CT molecular complexity index is 141. The predicted octanol–water partition coefficient (Wildman–Crippen LogP) is -3.75. The molecule has 6 heteroatoms. The Morgan fingerprint density at radius 1 is 1.62 bits per heavy atom. The summed E-state index contributed by atoms with van der Waals surface area (Å²) in [6.45, 7) is 0. The molecule has 0 spiro atoms. The summed E-state index contributed by atoms with van der Waals surface area (Å²) in [6.07, 6.45) is 0. The molecule has 0 saturated heterocycles. The van der Waals surface area contributed by atoms with Crippen LogP contribution in [0.25, 0.3) is 0 Å². The van der Waals surface area contributed by atoms with Gasteiger partial charge in [0, 0.05) is 0 Å². The van der Waals surface area contributed by atoms with Gasteiger partial charge in [0.2, 0.25) is 0 Å². The van der Waals surface area contributed by atoms with Crippen LogP contribution in [0.2, 0.25) is 0 Å². The van der Waals surface area contributed by atoms with Crippen molar-refractivity contribution in [1.29, 1.82) is 0 Å². The molecular formula is C2BrN2NaO2. The monoisotopic (exact) mass is 186 g/mol. The van der Waals surface area contributed by atoms with Gasteiger partial charge in [-0.25, -0.2) is 0 Å². The molecule has 0 unspecified atom stereocenters. The molecule has 0 radical (unpaired) electrons. The van der Waals surface area contributed by atoms with Crippen LogP contribution < -0.4 is 34.7 Å². The summed E-state index contributed by atoms with van der Waals surface area (Å²) in [7, 11) is 0. The van der Waals surface area contributed by atoms with Gasteiger partial charge in [0.15, 0.2) is 0 Å². The second-order valence-corrected chi connectivity index (χ2v) is 2.18. The summed E-state index contributed by atoms with van der Waals surface area (Å²) in [5.41, 5.74) is 0. The normalized spacial score (nSPS) is 19.1. The minimum Gasteiger partial charge on any atom is -0.544 e. The molecule has 8 heavy (non-hydrogen) atoms. The van der Waals surface area contributed by atoms with Crippen LogP contribution in [0.4, 0.5) is 0 Å². The van der Waals surface area contributed by atoms with E-state index in [4.69, 9.17) is 0 Å². The number of rotatable bonds is 1. The maximum absolute atomic E-state index is 9.74. The third-order valence-electron chi connectivity index (χ3n) is 0.535. The smallest absolute Gasteiger partial charge is 0.544 e. The number of hydrogen-bond donors (Lipinski definition) is 0. The zero-order chi connectivity index (χ0) is 5.49. The topological polar surface area (TPSA) is 64.8 Å². The van der Waals surface area contributed by atoms with E-state index >= 15 is 0 Å². The molecule has 0 aliphatic carbocycles. The number of aliphatic carboxylic acids is 1. The van der Waals surface area contributed by atoms with Crippen LogP contribution in [-0.4, -0.2) is 10.5 Å². The van der Waals surface area contributed by atoms with Crippen molar-refractivity contribution in [2.75, 3.05) is 0 Å². The maximum atomic E-state index is 9.74. The van der Waals surface area contributed by atoms with Crippen LogP contribution in [0.5, 0.6) is 0 Å². The third kappa shape index (κ3) is 1.51. The zero-order valence-corrected chi connectivity index (χ0v) is 7.67. The van der Waals surface area contributed by atoms with Crippen molar-refractivity contribution in [3.05, 3.63) is 0 Å². The van der Waals surface area contributed by atoms with E-state index in [1.807, 2.05) is 0 Å². The Morgan fingerprint density at radius 3 is 2.00 bits per heavy atom. The van der Waals surface area contributed by atoms with Gasteiger partial charge in [0.1, 0.15) is 5.97 Å². The first kappa shape index (κ1) is 8.55. The average molecular weight is 187 g/mol. The minimum absolute atomic E-state index is 0. The van der Waals surface area contributed by atoms with Crippen LogP contribution in [0.3, 0.4) is 0 Å². The Hall–Kier alpha value is 0.550. The van der Waals surface area contributed by atoms with Crippen molar-refractivity contribution in [3.63, 3.8) is 0 Å². The predicted molar refractivity (Wildman–Crippen MR) is 21.5 cm³/mol. The van der Waals surface area contributed by atoms with Gasteiger partial charge < -0.3 is 9.90 Å². The molecule has 4 nitrogen and oxygen atoms in total. The van der Waals surface area contributed by atoms with E-state index in [0.29, 0.717) is 0 Å². The SMILES string of the molecule is O=C([O-])C1(Br)N=N1.[Na+]. The molecular weight excluding hydrogens is 187 g/mol. The molecule has 0 N–H and O–H groups in total. The van der Waals surface area contributed by atoms with Crippen molar-refractivity contribution < 1.29 is 39.5 Å². The molecule has 38 valence electrons. The second-order valence-electron chi connectivity index (χ2n) is 1.07. The molecule has 0 aromatic carbocycles. The zero-order valence-electron chi connectivity index (χ0n) is 4.09. The van der Waals surface area contributed by atoms with E-state index in [1.54, 1.807) is 0 Å². The van der Waals surface area contributed by atoms with Gasteiger partial charge in [-0.2, -0.15) is 0 Å². The number of alkyl halides is 1. The van der Waals surface area contributed by atoms with Gasteiger partial charge in [-0.1, -0.05) is 0 Å². The molecule has 0 saturated carbocycles. The fourth-order valence-electron chi connectivity index (χ4n) is 0.126. The maximum Gasteiger partial charge on any atom is 1.00 e. The average Bonchev–Trinajstić information content (AvgIpc) is 2.21. The fraction of sp³-hybridized carbons (Fsp3) is 0.500. The van der Waals surface area contributed by atoms with Gasteiger partial charge in [-0.3, -0.25) is 0 Å². The van der Waals surface area contributed by atoms with Crippen molar-refractivity contribution >= 4 is 21.9 Å². The van der Waals surface area contributed by atoms with E-state index in [0.717, 1.165) is 0 Å². The summed E-state index contributed by atoms with van der Waals surface area (Å²) in [5.74, 6) is -1.31. The number of carbonyl (C=O) groups is 1. The summed E-state index contributed by atoms with van der Waals surface area (Å²) >= 11 is 2.66. The van der Waals surface area contributed by atoms with Crippen LogP contribution in [0.1, 0.15) is 0 Å². The molecule has 0 aromatic rings.